The SMILES string of the molecule is CC(SCc1csc(-c2ccc(C(C)C)cc2)n1)C(N)=O. The molecule has 0 aliphatic rings. The topological polar surface area (TPSA) is 56.0 Å². The van der Waals surface area contributed by atoms with Gasteiger partial charge in [-0.2, -0.15) is 0 Å². The Morgan fingerprint density at radius 1 is 1.29 bits per heavy atom. The van der Waals surface area contributed by atoms with E-state index in [1.54, 1.807) is 11.3 Å². The van der Waals surface area contributed by atoms with Crippen LogP contribution in [0.25, 0.3) is 10.6 Å². The zero-order valence-corrected chi connectivity index (χ0v) is 14.1. The van der Waals surface area contributed by atoms with Gasteiger partial charge in [-0.1, -0.05) is 38.1 Å². The van der Waals surface area contributed by atoms with Crippen molar-refractivity contribution in [1.82, 2.24) is 4.98 Å². The highest BCUT2D eigenvalue weighted by atomic mass is 32.2. The number of carbonyl (C=O) groups is 1. The smallest absolute Gasteiger partial charge is 0.230 e. The van der Waals surface area contributed by atoms with Crippen molar-refractivity contribution in [3.05, 3.63) is 40.9 Å². The Labute approximate surface area is 134 Å². The van der Waals surface area contributed by atoms with Gasteiger partial charge in [0.05, 0.1) is 10.9 Å². The Morgan fingerprint density at radius 3 is 2.52 bits per heavy atom. The summed E-state index contributed by atoms with van der Waals surface area (Å²) in [4.78, 5) is 15.6. The molecule has 1 atom stereocenters. The first kappa shape index (κ1) is 16.0. The summed E-state index contributed by atoms with van der Waals surface area (Å²) in [5.74, 6) is 0.974. The molecule has 0 spiro atoms. The van der Waals surface area contributed by atoms with Crippen molar-refractivity contribution in [2.24, 2.45) is 5.73 Å². The number of carbonyl (C=O) groups excluding carboxylic acids is 1. The minimum atomic E-state index is -0.278. The highest BCUT2D eigenvalue weighted by Crippen LogP contribution is 2.27. The number of benzene rings is 1. The van der Waals surface area contributed by atoms with Crippen molar-refractivity contribution in [1.29, 1.82) is 0 Å². The Balaban J connectivity index is 2.04. The van der Waals surface area contributed by atoms with E-state index >= 15 is 0 Å². The van der Waals surface area contributed by atoms with Gasteiger partial charge in [-0.15, -0.1) is 23.1 Å². The number of nitrogens with zero attached hydrogens (tertiary/aromatic N) is 1. The highest BCUT2D eigenvalue weighted by Gasteiger charge is 2.11. The molecule has 5 heteroatoms. The standard InChI is InChI=1S/C16H20N2OS2/c1-10(2)12-4-6-13(7-5-12)16-18-14(9-21-16)8-20-11(3)15(17)19/h4-7,9-11H,8H2,1-3H3,(H2,17,19). The Hall–Kier alpha value is -1.33. The third-order valence-electron chi connectivity index (χ3n) is 3.26. The molecule has 0 fully saturated rings. The van der Waals surface area contributed by atoms with Crippen LogP contribution in [0.3, 0.4) is 0 Å². The molecule has 1 aromatic carbocycles. The molecular formula is C16H20N2OS2. The average molecular weight is 320 g/mol. The van der Waals surface area contributed by atoms with E-state index in [9.17, 15) is 4.79 Å². The van der Waals surface area contributed by atoms with Crippen LogP contribution >= 0.6 is 23.1 Å². The molecule has 2 aromatic rings. The molecule has 0 radical (unpaired) electrons. The van der Waals surface area contributed by atoms with Gasteiger partial charge in [-0.05, 0) is 18.4 Å². The number of hydrogen-bond acceptors (Lipinski definition) is 4. The molecule has 1 unspecified atom stereocenters. The molecule has 0 aliphatic carbocycles. The molecule has 2 rings (SSSR count). The summed E-state index contributed by atoms with van der Waals surface area (Å²) in [6.07, 6.45) is 0. The lowest BCUT2D eigenvalue weighted by Crippen LogP contribution is -2.22. The summed E-state index contributed by atoms with van der Waals surface area (Å²) in [5, 5.41) is 2.89. The van der Waals surface area contributed by atoms with Crippen LogP contribution in [0.5, 0.6) is 0 Å². The van der Waals surface area contributed by atoms with E-state index in [1.165, 1.54) is 17.3 Å². The summed E-state index contributed by atoms with van der Waals surface area (Å²) in [7, 11) is 0. The van der Waals surface area contributed by atoms with Crippen LogP contribution in [0.15, 0.2) is 29.6 Å². The number of primary amides is 1. The minimum Gasteiger partial charge on any atom is -0.369 e. The molecule has 0 saturated carbocycles. The van der Waals surface area contributed by atoms with Gasteiger partial charge in [-0.25, -0.2) is 4.98 Å². The molecule has 1 amide bonds. The van der Waals surface area contributed by atoms with Crippen LogP contribution in [-0.4, -0.2) is 16.1 Å². The van der Waals surface area contributed by atoms with Crippen LogP contribution in [0.2, 0.25) is 0 Å². The molecule has 1 heterocycles. The van der Waals surface area contributed by atoms with Crippen LogP contribution in [-0.2, 0) is 10.5 Å². The molecule has 0 bridgehead atoms. The first-order valence-corrected chi connectivity index (χ1v) is 8.86. The monoisotopic (exact) mass is 320 g/mol. The van der Waals surface area contributed by atoms with Crippen LogP contribution in [0.4, 0.5) is 0 Å². The van der Waals surface area contributed by atoms with Crippen molar-refractivity contribution in [3.63, 3.8) is 0 Å². The summed E-state index contributed by atoms with van der Waals surface area (Å²) >= 11 is 3.16. The molecule has 3 nitrogen and oxygen atoms in total. The minimum absolute atomic E-state index is 0.180. The number of thioether (sulfide) groups is 1. The fraction of sp³-hybridized carbons (Fsp3) is 0.375. The van der Waals surface area contributed by atoms with Crippen molar-refractivity contribution in [2.45, 2.75) is 37.7 Å². The number of rotatable bonds is 6. The van der Waals surface area contributed by atoms with E-state index in [0.29, 0.717) is 11.7 Å². The van der Waals surface area contributed by atoms with Gasteiger partial charge in [0.2, 0.25) is 5.91 Å². The first-order chi connectivity index (χ1) is 9.97. The fourth-order valence-corrected chi connectivity index (χ4v) is 3.47. The zero-order chi connectivity index (χ0) is 15.4. The quantitative estimate of drug-likeness (QED) is 0.874. The van der Waals surface area contributed by atoms with Gasteiger partial charge in [0, 0.05) is 16.7 Å². The number of hydrogen-bond donors (Lipinski definition) is 1. The lowest BCUT2D eigenvalue weighted by molar-refractivity contribution is -0.117. The van der Waals surface area contributed by atoms with Crippen molar-refractivity contribution >= 4 is 29.0 Å². The van der Waals surface area contributed by atoms with Gasteiger partial charge in [-0.3, -0.25) is 4.79 Å². The van der Waals surface area contributed by atoms with E-state index in [2.05, 4.69) is 43.1 Å². The maximum Gasteiger partial charge on any atom is 0.230 e. The summed E-state index contributed by atoms with van der Waals surface area (Å²) in [5.41, 5.74) is 8.74. The molecule has 1 aromatic heterocycles. The molecule has 21 heavy (non-hydrogen) atoms. The van der Waals surface area contributed by atoms with Crippen LogP contribution in [0, 0.1) is 0 Å². The second-order valence-electron chi connectivity index (χ2n) is 5.28. The van der Waals surface area contributed by atoms with E-state index in [1.807, 2.05) is 12.3 Å². The third kappa shape index (κ3) is 4.32. The maximum atomic E-state index is 11.0. The predicted molar refractivity (Wildman–Crippen MR) is 91.6 cm³/mol. The lowest BCUT2D eigenvalue weighted by atomic mass is 10.0. The van der Waals surface area contributed by atoms with Crippen LogP contribution in [0.1, 0.15) is 37.9 Å². The van der Waals surface area contributed by atoms with Gasteiger partial charge >= 0.3 is 0 Å². The molecule has 2 N–H and O–H groups in total. The van der Waals surface area contributed by atoms with Gasteiger partial charge in [0.15, 0.2) is 0 Å². The average Bonchev–Trinajstić information content (AvgIpc) is 2.93. The number of aromatic nitrogens is 1. The summed E-state index contributed by atoms with van der Waals surface area (Å²) < 4.78 is 0. The van der Waals surface area contributed by atoms with Crippen LogP contribution < -0.4 is 5.73 Å². The predicted octanol–water partition coefficient (Wildman–Crippen LogP) is 4.04. The summed E-state index contributed by atoms with van der Waals surface area (Å²) in [6, 6.07) is 8.56. The third-order valence-corrected chi connectivity index (χ3v) is 5.39. The van der Waals surface area contributed by atoms with E-state index in [4.69, 9.17) is 5.73 Å². The van der Waals surface area contributed by atoms with Gasteiger partial charge < -0.3 is 5.73 Å². The molecular weight excluding hydrogens is 300 g/mol. The Bertz CT molecular complexity index is 605. The fourth-order valence-electron chi connectivity index (χ4n) is 1.81. The summed E-state index contributed by atoms with van der Waals surface area (Å²) in [6.45, 7) is 6.20. The number of amides is 1. The van der Waals surface area contributed by atoms with E-state index in [-0.39, 0.29) is 11.2 Å². The molecule has 0 saturated heterocycles. The maximum absolute atomic E-state index is 11.0. The first-order valence-electron chi connectivity index (χ1n) is 6.93. The van der Waals surface area contributed by atoms with Crippen molar-refractivity contribution in [2.75, 3.05) is 0 Å². The highest BCUT2D eigenvalue weighted by molar-refractivity contribution is 7.99. The van der Waals surface area contributed by atoms with E-state index < -0.39 is 0 Å². The van der Waals surface area contributed by atoms with Gasteiger partial charge in [0.1, 0.15) is 5.01 Å². The molecule has 112 valence electrons. The van der Waals surface area contributed by atoms with E-state index in [0.717, 1.165) is 16.3 Å². The second-order valence-corrected chi connectivity index (χ2v) is 7.46. The Kier molecular flexibility index (Phi) is 5.42. The second kappa shape index (κ2) is 7.09. The zero-order valence-electron chi connectivity index (χ0n) is 12.5. The van der Waals surface area contributed by atoms with Crippen molar-refractivity contribution in [3.8, 4) is 10.6 Å². The Morgan fingerprint density at radius 2 is 1.95 bits per heavy atom. The molecule has 0 aliphatic heterocycles. The largest absolute Gasteiger partial charge is 0.369 e. The lowest BCUT2D eigenvalue weighted by Gasteiger charge is -2.05. The van der Waals surface area contributed by atoms with Gasteiger partial charge in [0.25, 0.3) is 0 Å². The number of nitrogens with two attached hydrogens (primary N) is 1. The number of thiazole rings is 1. The normalized spacial score (nSPS) is 12.6. The van der Waals surface area contributed by atoms with Crippen molar-refractivity contribution < 1.29 is 4.79 Å².